The molecule has 2 N–H and O–H groups in total. The Bertz CT molecular complexity index is 836. The third-order valence-corrected chi connectivity index (χ3v) is 3.39. The van der Waals surface area contributed by atoms with E-state index in [1.54, 1.807) is 24.3 Å². The van der Waals surface area contributed by atoms with Gasteiger partial charge in [-0.3, -0.25) is 9.59 Å². The summed E-state index contributed by atoms with van der Waals surface area (Å²) >= 11 is 0. The molecule has 0 unspecified atom stereocenters. The smallest absolute Gasteiger partial charge is 0.224 e. The Balaban J connectivity index is 1.54. The third kappa shape index (κ3) is 3.98. The number of carbonyl (C=O) groups is 2. The highest BCUT2D eigenvalue weighted by Gasteiger charge is 2.08. The van der Waals surface area contributed by atoms with Crippen LogP contribution in [0.1, 0.15) is 19.2 Å². The van der Waals surface area contributed by atoms with Crippen LogP contribution in [-0.2, 0) is 16.0 Å². The molecule has 0 aliphatic carbocycles. The minimum atomic E-state index is -0.134. The minimum Gasteiger partial charge on any atom is -0.441 e. The first-order valence-corrected chi connectivity index (χ1v) is 7.62. The van der Waals surface area contributed by atoms with E-state index >= 15 is 0 Å². The minimum absolute atomic E-state index is 0.121. The third-order valence-electron chi connectivity index (χ3n) is 3.39. The summed E-state index contributed by atoms with van der Waals surface area (Å²) in [7, 11) is 0. The number of anilines is 2. The second-order valence-electron chi connectivity index (χ2n) is 5.38. The molecule has 3 rings (SSSR count). The van der Waals surface area contributed by atoms with Crippen LogP contribution in [0.2, 0.25) is 0 Å². The Labute approximate surface area is 138 Å². The van der Waals surface area contributed by atoms with Crippen molar-refractivity contribution >= 4 is 34.3 Å². The molecular weight excluding hydrogens is 306 g/mol. The van der Waals surface area contributed by atoms with E-state index in [1.165, 1.54) is 6.92 Å². The van der Waals surface area contributed by atoms with Gasteiger partial charge in [-0.15, -0.1) is 0 Å². The van der Waals surface area contributed by atoms with Crippen molar-refractivity contribution in [2.24, 2.45) is 0 Å². The Morgan fingerprint density at radius 2 is 1.67 bits per heavy atom. The standard InChI is InChI=1S/C18H17N3O3/c1-12(22)19-13-6-8-14(9-7-13)20-17(23)10-11-18-21-15-4-2-3-5-16(15)24-18/h2-9H,10-11H2,1H3,(H,19,22)(H,20,23). The Morgan fingerprint density at radius 3 is 2.33 bits per heavy atom. The Morgan fingerprint density at radius 1 is 1.00 bits per heavy atom. The van der Waals surface area contributed by atoms with E-state index in [0.29, 0.717) is 23.7 Å². The summed E-state index contributed by atoms with van der Waals surface area (Å²) in [5.41, 5.74) is 2.88. The van der Waals surface area contributed by atoms with Gasteiger partial charge in [-0.25, -0.2) is 4.98 Å². The zero-order chi connectivity index (χ0) is 16.9. The molecule has 0 fully saturated rings. The summed E-state index contributed by atoms with van der Waals surface area (Å²) < 4.78 is 5.59. The molecule has 0 aliphatic rings. The van der Waals surface area contributed by atoms with Crippen LogP contribution >= 0.6 is 0 Å². The van der Waals surface area contributed by atoms with Crippen LogP contribution in [0.3, 0.4) is 0 Å². The lowest BCUT2D eigenvalue weighted by atomic mass is 10.2. The van der Waals surface area contributed by atoms with Gasteiger partial charge in [0, 0.05) is 31.1 Å². The average molecular weight is 323 g/mol. The van der Waals surface area contributed by atoms with E-state index in [-0.39, 0.29) is 18.2 Å². The molecule has 6 heteroatoms. The summed E-state index contributed by atoms with van der Waals surface area (Å²) in [6.45, 7) is 1.45. The molecule has 2 amide bonds. The maximum absolute atomic E-state index is 12.0. The lowest BCUT2D eigenvalue weighted by Gasteiger charge is -2.06. The van der Waals surface area contributed by atoms with Crippen molar-refractivity contribution in [1.82, 2.24) is 4.98 Å². The van der Waals surface area contributed by atoms with Crippen molar-refractivity contribution in [3.05, 3.63) is 54.4 Å². The van der Waals surface area contributed by atoms with Gasteiger partial charge in [0.2, 0.25) is 11.8 Å². The molecule has 0 spiro atoms. The molecule has 6 nitrogen and oxygen atoms in total. The second kappa shape index (κ2) is 6.95. The fraction of sp³-hybridized carbons (Fsp3) is 0.167. The largest absolute Gasteiger partial charge is 0.441 e. The van der Waals surface area contributed by atoms with Gasteiger partial charge in [0.05, 0.1) is 0 Å². The predicted octanol–water partition coefficient (Wildman–Crippen LogP) is 3.36. The molecule has 3 aromatic rings. The lowest BCUT2D eigenvalue weighted by molar-refractivity contribution is -0.116. The Hall–Kier alpha value is -3.15. The molecule has 0 bridgehead atoms. The van der Waals surface area contributed by atoms with Crippen molar-refractivity contribution in [1.29, 1.82) is 0 Å². The fourth-order valence-corrected chi connectivity index (χ4v) is 2.31. The monoisotopic (exact) mass is 323 g/mol. The number of rotatable bonds is 5. The van der Waals surface area contributed by atoms with Gasteiger partial charge in [0.15, 0.2) is 11.5 Å². The zero-order valence-corrected chi connectivity index (χ0v) is 13.2. The number of aryl methyl sites for hydroxylation is 1. The number of hydrogen-bond donors (Lipinski definition) is 2. The van der Waals surface area contributed by atoms with Crippen LogP contribution in [0, 0.1) is 0 Å². The molecule has 24 heavy (non-hydrogen) atoms. The SMILES string of the molecule is CC(=O)Nc1ccc(NC(=O)CCc2nc3ccccc3o2)cc1. The quantitative estimate of drug-likeness (QED) is 0.754. The molecule has 122 valence electrons. The van der Waals surface area contributed by atoms with Crippen LogP contribution < -0.4 is 10.6 Å². The van der Waals surface area contributed by atoms with E-state index in [2.05, 4.69) is 15.6 Å². The van der Waals surface area contributed by atoms with E-state index in [0.717, 1.165) is 11.1 Å². The second-order valence-corrected chi connectivity index (χ2v) is 5.38. The van der Waals surface area contributed by atoms with Crippen molar-refractivity contribution in [3.8, 4) is 0 Å². The molecule has 0 saturated carbocycles. The number of aromatic nitrogens is 1. The van der Waals surface area contributed by atoms with Crippen LogP contribution in [0.5, 0.6) is 0 Å². The van der Waals surface area contributed by atoms with Gasteiger partial charge >= 0.3 is 0 Å². The number of nitrogens with one attached hydrogen (secondary N) is 2. The Kier molecular flexibility index (Phi) is 4.56. The molecule has 2 aromatic carbocycles. The maximum atomic E-state index is 12.0. The topological polar surface area (TPSA) is 84.2 Å². The molecule has 0 saturated heterocycles. The molecule has 1 aromatic heterocycles. The van der Waals surface area contributed by atoms with Gasteiger partial charge in [-0.2, -0.15) is 0 Å². The highest BCUT2D eigenvalue weighted by molar-refractivity contribution is 5.92. The van der Waals surface area contributed by atoms with Gasteiger partial charge in [0.1, 0.15) is 5.52 Å². The van der Waals surface area contributed by atoms with Gasteiger partial charge in [-0.05, 0) is 36.4 Å². The van der Waals surface area contributed by atoms with E-state index in [9.17, 15) is 9.59 Å². The van der Waals surface area contributed by atoms with Gasteiger partial charge in [0.25, 0.3) is 0 Å². The highest BCUT2D eigenvalue weighted by atomic mass is 16.3. The van der Waals surface area contributed by atoms with Crippen LogP contribution in [0.25, 0.3) is 11.1 Å². The fourth-order valence-electron chi connectivity index (χ4n) is 2.31. The summed E-state index contributed by atoms with van der Waals surface area (Å²) in [6.07, 6.45) is 0.713. The number of hydrogen-bond acceptors (Lipinski definition) is 4. The van der Waals surface area contributed by atoms with Crippen LogP contribution in [0.4, 0.5) is 11.4 Å². The summed E-state index contributed by atoms with van der Waals surface area (Å²) in [5.74, 6) is 0.294. The van der Waals surface area contributed by atoms with Crippen molar-refractivity contribution < 1.29 is 14.0 Å². The number of fused-ring (bicyclic) bond motifs is 1. The number of amides is 2. The van der Waals surface area contributed by atoms with E-state index in [4.69, 9.17) is 4.42 Å². The number of nitrogens with zero attached hydrogens (tertiary/aromatic N) is 1. The highest BCUT2D eigenvalue weighted by Crippen LogP contribution is 2.17. The number of carbonyl (C=O) groups excluding carboxylic acids is 2. The van der Waals surface area contributed by atoms with Crippen molar-refractivity contribution in [2.45, 2.75) is 19.8 Å². The lowest BCUT2D eigenvalue weighted by Crippen LogP contribution is -2.12. The summed E-state index contributed by atoms with van der Waals surface area (Å²) in [5, 5.41) is 5.48. The van der Waals surface area contributed by atoms with E-state index in [1.807, 2.05) is 24.3 Å². The van der Waals surface area contributed by atoms with Gasteiger partial charge < -0.3 is 15.1 Å². The number of para-hydroxylation sites is 2. The summed E-state index contributed by atoms with van der Waals surface area (Å²) in [6, 6.07) is 14.4. The number of benzene rings is 2. The predicted molar refractivity (Wildman–Crippen MR) is 91.7 cm³/mol. The van der Waals surface area contributed by atoms with E-state index < -0.39 is 0 Å². The first kappa shape index (κ1) is 15.7. The number of oxazole rings is 1. The molecular formula is C18H17N3O3. The first-order chi connectivity index (χ1) is 11.6. The average Bonchev–Trinajstić information content (AvgIpc) is 2.97. The van der Waals surface area contributed by atoms with Crippen LogP contribution in [-0.4, -0.2) is 16.8 Å². The maximum Gasteiger partial charge on any atom is 0.224 e. The van der Waals surface area contributed by atoms with Crippen molar-refractivity contribution in [2.75, 3.05) is 10.6 Å². The van der Waals surface area contributed by atoms with Crippen molar-refractivity contribution in [3.63, 3.8) is 0 Å². The zero-order valence-electron chi connectivity index (χ0n) is 13.2. The summed E-state index contributed by atoms with van der Waals surface area (Å²) in [4.78, 5) is 27.3. The normalized spacial score (nSPS) is 10.5. The molecule has 1 heterocycles. The molecule has 0 atom stereocenters. The molecule has 0 aliphatic heterocycles. The molecule has 0 radical (unpaired) electrons. The van der Waals surface area contributed by atoms with Gasteiger partial charge in [-0.1, -0.05) is 12.1 Å². The van der Waals surface area contributed by atoms with Crippen LogP contribution in [0.15, 0.2) is 52.9 Å². The first-order valence-electron chi connectivity index (χ1n) is 7.62.